The van der Waals surface area contributed by atoms with E-state index in [4.69, 9.17) is 14.2 Å². The maximum absolute atomic E-state index is 12.3. The first-order valence-corrected chi connectivity index (χ1v) is 7.43. The van der Waals surface area contributed by atoms with Crippen LogP contribution in [0.1, 0.15) is 0 Å². The number of amides is 1. The van der Waals surface area contributed by atoms with Crippen LogP contribution in [0.2, 0.25) is 0 Å². The highest BCUT2D eigenvalue weighted by Crippen LogP contribution is 2.17. The molecule has 1 fully saturated rings. The summed E-state index contributed by atoms with van der Waals surface area (Å²) in [5.74, 6) is -1.41. The Labute approximate surface area is 123 Å². The molecule has 19 heavy (non-hydrogen) atoms. The van der Waals surface area contributed by atoms with E-state index in [9.17, 15) is 4.79 Å². The lowest BCUT2D eigenvalue weighted by atomic mass is 10.2. The molecule has 0 aromatic rings. The summed E-state index contributed by atoms with van der Waals surface area (Å²) >= 11 is 3.27. The van der Waals surface area contributed by atoms with E-state index in [1.807, 2.05) is 0 Å². The lowest BCUT2D eigenvalue weighted by molar-refractivity contribution is -0.207. The van der Waals surface area contributed by atoms with Crippen molar-refractivity contribution in [1.29, 1.82) is 0 Å². The monoisotopic (exact) mass is 338 g/mol. The summed E-state index contributed by atoms with van der Waals surface area (Å²) in [7, 11) is 4.70. The Morgan fingerprint density at radius 2 is 1.95 bits per heavy atom. The first-order chi connectivity index (χ1) is 9.09. The Kier molecular flexibility index (Phi) is 7.23. The van der Waals surface area contributed by atoms with Crippen LogP contribution in [0, 0.1) is 0 Å². The summed E-state index contributed by atoms with van der Waals surface area (Å²) in [4.78, 5) is 16.3. The van der Waals surface area contributed by atoms with Gasteiger partial charge in [-0.25, -0.2) is 0 Å². The number of hydrogen-bond donors (Lipinski definition) is 0. The van der Waals surface area contributed by atoms with E-state index in [0.29, 0.717) is 11.9 Å². The fourth-order valence-electron chi connectivity index (χ4n) is 1.93. The molecule has 0 bridgehead atoms. The van der Waals surface area contributed by atoms with Gasteiger partial charge >= 0.3 is 0 Å². The molecule has 6 nitrogen and oxygen atoms in total. The van der Waals surface area contributed by atoms with E-state index in [-0.39, 0.29) is 5.91 Å². The molecule has 0 radical (unpaired) electrons. The minimum Gasteiger partial charge on any atom is -0.379 e. The summed E-state index contributed by atoms with van der Waals surface area (Å²) < 4.78 is 15.7. The molecule has 1 aliphatic rings. The van der Waals surface area contributed by atoms with E-state index in [1.54, 1.807) is 11.9 Å². The van der Waals surface area contributed by atoms with Gasteiger partial charge in [-0.1, -0.05) is 15.9 Å². The summed E-state index contributed by atoms with van der Waals surface area (Å²) in [5, 5.41) is 0.299. The zero-order valence-electron chi connectivity index (χ0n) is 11.9. The number of carbonyl (C=O) groups is 1. The van der Waals surface area contributed by atoms with Gasteiger partial charge < -0.3 is 19.1 Å². The van der Waals surface area contributed by atoms with Crippen LogP contribution < -0.4 is 0 Å². The predicted octanol–water partition coefficient (Wildman–Crippen LogP) is 0.161. The second kappa shape index (κ2) is 8.16. The van der Waals surface area contributed by atoms with Crippen molar-refractivity contribution in [2.45, 2.75) is 5.79 Å². The van der Waals surface area contributed by atoms with E-state index >= 15 is 0 Å². The van der Waals surface area contributed by atoms with Crippen LogP contribution in [0.5, 0.6) is 0 Å². The molecule has 1 rings (SSSR count). The van der Waals surface area contributed by atoms with E-state index in [2.05, 4.69) is 20.8 Å². The zero-order chi connectivity index (χ0) is 14.3. The summed E-state index contributed by atoms with van der Waals surface area (Å²) in [6.07, 6.45) is 0. The standard InChI is InChI=1S/C12H23BrN2O4/c1-14(4-5-15-6-8-19-9-7-15)11(16)12(10-13,17-2)18-3/h4-10H2,1-3H3. The number of halogens is 1. The molecule has 0 aromatic carbocycles. The van der Waals surface area contributed by atoms with Crippen molar-refractivity contribution >= 4 is 21.8 Å². The van der Waals surface area contributed by atoms with Gasteiger partial charge in [-0.3, -0.25) is 9.69 Å². The van der Waals surface area contributed by atoms with Gasteiger partial charge in [-0.15, -0.1) is 0 Å². The molecule has 1 aliphatic heterocycles. The Balaban J connectivity index is 2.46. The third-order valence-corrected chi connectivity index (χ3v) is 4.10. The van der Waals surface area contributed by atoms with Crippen molar-refractivity contribution in [3.63, 3.8) is 0 Å². The molecule has 0 aliphatic carbocycles. The molecule has 0 atom stereocenters. The fraction of sp³-hybridized carbons (Fsp3) is 0.917. The second-order valence-electron chi connectivity index (χ2n) is 4.48. The quantitative estimate of drug-likeness (QED) is 0.489. The van der Waals surface area contributed by atoms with Gasteiger partial charge in [0.05, 0.1) is 18.5 Å². The highest BCUT2D eigenvalue weighted by atomic mass is 79.9. The molecular formula is C12H23BrN2O4. The lowest BCUT2D eigenvalue weighted by Crippen LogP contribution is -2.53. The van der Waals surface area contributed by atoms with Gasteiger partial charge in [0, 0.05) is 47.4 Å². The van der Waals surface area contributed by atoms with Crippen LogP contribution in [0.15, 0.2) is 0 Å². The second-order valence-corrected chi connectivity index (χ2v) is 5.04. The average Bonchev–Trinajstić information content (AvgIpc) is 2.48. The van der Waals surface area contributed by atoms with Gasteiger partial charge in [-0.05, 0) is 0 Å². The molecule has 0 N–H and O–H groups in total. The molecular weight excluding hydrogens is 316 g/mol. The first-order valence-electron chi connectivity index (χ1n) is 6.31. The van der Waals surface area contributed by atoms with Crippen LogP contribution >= 0.6 is 15.9 Å². The average molecular weight is 339 g/mol. The number of ether oxygens (including phenoxy) is 3. The highest BCUT2D eigenvalue weighted by molar-refractivity contribution is 9.09. The molecule has 1 heterocycles. The molecule has 1 saturated heterocycles. The first kappa shape index (κ1) is 16.8. The van der Waals surface area contributed by atoms with Crippen molar-refractivity contribution < 1.29 is 19.0 Å². The van der Waals surface area contributed by atoms with Crippen molar-refractivity contribution in [1.82, 2.24) is 9.80 Å². The molecule has 112 valence electrons. The zero-order valence-corrected chi connectivity index (χ0v) is 13.4. The summed E-state index contributed by atoms with van der Waals surface area (Å²) in [6.45, 7) is 4.83. The highest BCUT2D eigenvalue weighted by Gasteiger charge is 2.40. The maximum Gasteiger partial charge on any atom is 0.283 e. The Morgan fingerprint density at radius 1 is 1.37 bits per heavy atom. The molecule has 0 aromatic heterocycles. The van der Waals surface area contributed by atoms with Crippen molar-refractivity contribution in [2.24, 2.45) is 0 Å². The third-order valence-electron chi connectivity index (χ3n) is 3.36. The number of hydrogen-bond acceptors (Lipinski definition) is 5. The van der Waals surface area contributed by atoms with Crippen LogP contribution in [0.3, 0.4) is 0 Å². The molecule has 0 saturated carbocycles. The number of morpholine rings is 1. The molecule has 1 amide bonds. The molecule has 0 spiro atoms. The van der Waals surface area contributed by atoms with Crippen LogP contribution in [-0.4, -0.2) is 87.5 Å². The van der Waals surface area contributed by atoms with Crippen LogP contribution in [0.4, 0.5) is 0 Å². The smallest absolute Gasteiger partial charge is 0.283 e. The SMILES string of the molecule is COC(CBr)(OC)C(=O)N(C)CCN1CCOCC1. The normalized spacial score (nSPS) is 17.5. The Morgan fingerprint density at radius 3 is 2.42 bits per heavy atom. The number of carbonyl (C=O) groups excluding carboxylic acids is 1. The Bertz CT molecular complexity index is 273. The molecule has 0 unspecified atom stereocenters. The van der Waals surface area contributed by atoms with E-state index in [1.165, 1.54) is 14.2 Å². The summed E-state index contributed by atoms with van der Waals surface area (Å²) in [6, 6.07) is 0. The van der Waals surface area contributed by atoms with Crippen LogP contribution in [-0.2, 0) is 19.0 Å². The van der Waals surface area contributed by atoms with Crippen molar-refractivity contribution in [3.05, 3.63) is 0 Å². The minimum atomic E-state index is -1.24. The van der Waals surface area contributed by atoms with Gasteiger partial charge in [-0.2, -0.15) is 0 Å². The number of methoxy groups -OCH3 is 2. The number of rotatable bonds is 7. The topological polar surface area (TPSA) is 51.2 Å². The number of alkyl halides is 1. The van der Waals surface area contributed by atoms with Gasteiger partial charge in [0.15, 0.2) is 0 Å². The predicted molar refractivity (Wildman–Crippen MR) is 75.4 cm³/mol. The van der Waals surface area contributed by atoms with Crippen molar-refractivity contribution in [2.75, 3.05) is 66.0 Å². The van der Waals surface area contributed by atoms with Crippen LogP contribution in [0.25, 0.3) is 0 Å². The van der Waals surface area contributed by atoms with E-state index in [0.717, 1.165) is 32.8 Å². The third kappa shape index (κ3) is 4.39. The summed E-state index contributed by atoms with van der Waals surface area (Å²) in [5.41, 5.74) is 0. The largest absolute Gasteiger partial charge is 0.379 e. The van der Waals surface area contributed by atoms with Gasteiger partial charge in [0.1, 0.15) is 0 Å². The Hall–Kier alpha value is -0.210. The maximum atomic E-state index is 12.3. The number of likely N-dealkylation sites (N-methyl/N-ethyl adjacent to an activating group) is 1. The van der Waals surface area contributed by atoms with Crippen molar-refractivity contribution in [3.8, 4) is 0 Å². The fourth-order valence-corrected chi connectivity index (χ4v) is 2.63. The van der Waals surface area contributed by atoms with Gasteiger partial charge in [0.25, 0.3) is 11.7 Å². The lowest BCUT2D eigenvalue weighted by Gasteiger charge is -2.33. The van der Waals surface area contributed by atoms with Gasteiger partial charge in [0.2, 0.25) is 0 Å². The van der Waals surface area contributed by atoms with E-state index < -0.39 is 5.79 Å². The minimum absolute atomic E-state index is 0.178. The number of nitrogens with zero attached hydrogens (tertiary/aromatic N) is 2. The molecule has 7 heteroatoms.